The van der Waals surface area contributed by atoms with Gasteiger partial charge in [0.1, 0.15) is 5.78 Å². The van der Waals surface area contributed by atoms with Crippen LogP contribution in [0.5, 0.6) is 0 Å². The normalized spacial score (nSPS) is 23.8. The summed E-state index contributed by atoms with van der Waals surface area (Å²) in [6.45, 7) is 6.52. The number of hydrogen-bond donors (Lipinski definition) is 0. The van der Waals surface area contributed by atoms with E-state index in [1.165, 1.54) is 11.3 Å². The average Bonchev–Trinajstić information content (AvgIpc) is 2.71. The van der Waals surface area contributed by atoms with Crippen molar-refractivity contribution in [3.8, 4) is 0 Å². The summed E-state index contributed by atoms with van der Waals surface area (Å²) in [4.78, 5) is 12.2. The zero-order valence-corrected chi connectivity index (χ0v) is 11.2. The molecule has 2 heteroatoms. The summed E-state index contributed by atoms with van der Waals surface area (Å²) in [5.74, 6) is 0.678. The fourth-order valence-corrected chi connectivity index (χ4v) is 3.22. The Morgan fingerprint density at radius 3 is 2.65 bits per heavy atom. The number of Topliss-reactive ketones (excluding diaryl/α,β-unsaturated/α-hetero) is 1. The van der Waals surface area contributed by atoms with Gasteiger partial charge in [-0.15, -0.1) is 0 Å². The van der Waals surface area contributed by atoms with Crippen LogP contribution in [-0.2, 0) is 17.6 Å². The van der Waals surface area contributed by atoms with E-state index in [1.54, 1.807) is 0 Å². The molecule has 1 aliphatic heterocycles. The van der Waals surface area contributed by atoms with E-state index in [0.717, 1.165) is 25.7 Å². The first-order chi connectivity index (χ1) is 8.22. The zero-order chi connectivity index (χ0) is 12.4. The largest absolute Gasteiger partial charge is 0.347 e. The van der Waals surface area contributed by atoms with Gasteiger partial charge in [0.25, 0.3) is 0 Å². The summed E-state index contributed by atoms with van der Waals surface area (Å²) < 4.78 is 2.38. The van der Waals surface area contributed by atoms with Gasteiger partial charge in [-0.25, -0.2) is 0 Å². The maximum Gasteiger partial charge on any atom is 0.143 e. The standard InChI is InChI=1S/C15H23NO/c1-4-7-11-8-9-16-13(6-3)12(5-2)15(17)10-14(11)16/h8-9,12-13H,4-7,10H2,1-3H3/t12-,13+/m1/s1. The highest BCUT2D eigenvalue weighted by molar-refractivity contribution is 5.85. The molecule has 0 radical (unpaired) electrons. The summed E-state index contributed by atoms with van der Waals surface area (Å²) in [6.07, 6.45) is 7.12. The fourth-order valence-electron chi connectivity index (χ4n) is 3.22. The van der Waals surface area contributed by atoms with E-state index in [1.807, 2.05) is 0 Å². The Labute approximate surface area is 104 Å². The lowest BCUT2D eigenvalue weighted by Crippen LogP contribution is -2.33. The highest BCUT2D eigenvalue weighted by atomic mass is 16.1. The van der Waals surface area contributed by atoms with Crippen molar-refractivity contribution in [2.24, 2.45) is 5.92 Å². The monoisotopic (exact) mass is 233 g/mol. The van der Waals surface area contributed by atoms with Gasteiger partial charge in [-0.3, -0.25) is 4.79 Å². The lowest BCUT2D eigenvalue weighted by Gasteiger charge is -2.32. The summed E-state index contributed by atoms with van der Waals surface area (Å²) in [5, 5.41) is 0. The number of hydrogen-bond acceptors (Lipinski definition) is 1. The Morgan fingerprint density at radius 2 is 2.06 bits per heavy atom. The van der Waals surface area contributed by atoms with E-state index in [2.05, 4.69) is 37.6 Å². The molecule has 2 atom stereocenters. The minimum atomic E-state index is 0.231. The number of aromatic nitrogens is 1. The molecule has 1 aromatic rings. The maximum atomic E-state index is 12.2. The SMILES string of the molecule is CCCc1ccn2c1CC(=O)[C@H](CC)[C@@H]2CC. The minimum absolute atomic E-state index is 0.231. The summed E-state index contributed by atoms with van der Waals surface area (Å²) in [7, 11) is 0. The molecule has 0 saturated heterocycles. The average molecular weight is 233 g/mol. The van der Waals surface area contributed by atoms with Crippen molar-refractivity contribution < 1.29 is 4.79 Å². The molecule has 94 valence electrons. The van der Waals surface area contributed by atoms with E-state index in [4.69, 9.17) is 0 Å². The van der Waals surface area contributed by atoms with Crippen LogP contribution in [0.25, 0.3) is 0 Å². The second kappa shape index (κ2) is 5.07. The second-order valence-corrected chi connectivity index (χ2v) is 5.08. The molecule has 1 aromatic heterocycles. The second-order valence-electron chi connectivity index (χ2n) is 5.08. The van der Waals surface area contributed by atoms with Crippen molar-refractivity contribution in [2.75, 3.05) is 0 Å². The number of carbonyl (C=O) groups is 1. The molecule has 0 amide bonds. The van der Waals surface area contributed by atoms with Crippen LogP contribution in [-0.4, -0.2) is 10.4 Å². The van der Waals surface area contributed by atoms with Gasteiger partial charge in [-0.2, -0.15) is 0 Å². The van der Waals surface area contributed by atoms with Gasteiger partial charge in [0, 0.05) is 30.3 Å². The van der Waals surface area contributed by atoms with Crippen LogP contribution in [0, 0.1) is 5.92 Å². The predicted octanol–water partition coefficient (Wildman–Crippen LogP) is 3.54. The van der Waals surface area contributed by atoms with Crippen molar-refractivity contribution in [2.45, 2.75) is 58.9 Å². The number of carbonyl (C=O) groups excluding carboxylic acids is 1. The Bertz CT molecular complexity index is 405. The molecule has 0 spiro atoms. The number of ketones is 1. The zero-order valence-electron chi connectivity index (χ0n) is 11.2. The van der Waals surface area contributed by atoms with Gasteiger partial charge < -0.3 is 4.57 Å². The van der Waals surface area contributed by atoms with Crippen LogP contribution < -0.4 is 0 Å². The molecule has 1 aliphatic rings. The summed E-state index contributed by atoms with van der Waals surface area (Å²) in [6, 6.07) is 2.61. The van der Waals surface area contributed by atoms with Gasteiger partial charge in [0.15, 0.2) is 0 Å². The van der Waals surface area contributed by atoms with Crippen LogP contribution in [0.1, 0.15) is 57.3 Å². The molecule has 2 rings (SSSR count). The molecular weight excluding hydrogens is 210 g/mol. The van der Waals surface area contributed by atoms with Gasteiger partial charge in [0.2, 0.25) is 0 Å². The molecule has 0 fully saturated rings. The van der Waals surface area contributed by atoms with Crippen LogP contribution in [0.15, 0.2) is 12.3 Å². The highest BCUT2D eigenvalue weighted by Crippen LogP contribution is 2.34. The van der Waals surface area contributed by atoms with Crippen LogP contribution in [0.2, 0.25) is 0 Å². The highest BCUT2D eigenvalue weighted by Gasteiger charge is 2.33. The van der Waals surface area contributed by atoms with E-state index in [9.17, 15) is 4.79 Å². The van der Waals surface area contributed by atoms with Crippen molar-refractivity contribution in [3.63, 3.8) is 0 Å². The molecule has 0 unspecified atom stereocenters. The fraction of sp³-hybridized carbons (Fsp3) is 0.667. The van der Waals surface area contributed by atoms with Crippen molar-refractivity contribution in [3.05, 3.63) is 23.5 Å². The number of rotatable bonds is 4. The molecule has 2 nitrogen and oxygen atoms in total. The van der Waals surface area contributed by atoms with E-state index in [-0.39, 0.29) is 5.92 Å². The van der Waals surface area contributed by atoms with Gasteiger partial charge in [-0.05, 0) is 30.9 Å². The van der Waals surface area contributed by atoms with Crippen LogP contribution in [0.3, 0.4) is 0 Å². The third-order valence-electron chi connectivity index (χ3n) is 4.07. The first kappa shape index (κ1) is 12.4. The van der Waals surface area contributed by atoms with E-state index < -0.39 is 0 Å². The number of nitrogens with zero attached hydrogens (tertiary/aromatic N) is 1. The van der Waals surface area contributed by atoms with Crippen molar-refractivity contribution in [1.29, 1.82) is 0 Å². The van der Waals surface area contributed by atoms with Gasteiger partial charge in [-0.1, -0.05) is 27.2 Å². The smallest absolute Gasteiger partial charge is 0.143 e. The summed E-state index contributed by atoms with van der Waals surface area (Å²) >= 11 is 0. The lowest BCUT2D eigenvalue weighted by atomic mass is 9.84. The van der Waals surface area contributed by atoms with Gasteiger partial charge in [0.05, 0.1) is 0 Å². The molecule has 0 aliphatic carbocycles. The van der Waals surface area contributed by atoms with Crippen LogP contribution in [0.4, 0.5) is 0 Å². The number of aryl methyl sites for hydroxylation is 1. The minimum Gasteiger partial charge on any atom is -0.347 e. The Balaban J connectivity index is 2.39. The molecule has 0 bridgehead atoms. The molecule has 0 aromatic carbocycles. The first-order valence-corrected chi connectivity index (χ1v) is 6.94. The Hall–Kier alpha value is -1.05. The van der Waals surface area contributed by atoms with Gasteiger partial charge >= 0.3 is 0 Å². The molecule has 17 heavy (non-hydrogen) atoms. The summed E-state index contributed by atoms with van der Waals surface area (Å²) in [5.41, 5.74) is 2.67. The van der Waals surface area contributed by atoms with Crippen molar-refractivity contribution in [1.82, 2.24) is 4.57 Å². The Kier molecular flexibility index (Phi) is 3.70. The van der Waals surface area contributed by atoms with Crippen molar-refractivity contribution >= 4 is 5.78 Å². The molecule has 0 N–H and O–H groups in total. The number of fused-ring (bicyclic) bond motifs is 1. The maximum absolute atomic E-state index is 12.2. The quantitative estimate of drug-likeness (QED) is 0.779. The topological polar surface area (TPSA) is 22.0 Å². The molecule has 0 saturated carbocycles. The third kappa shape index (κ3) is 2.05. The third-order valence-corrected chi connectivity index (χ3v) is 4.07. The lowest BCUT2D eigenvalue weighted by molar-refractivity contribution is -0.125. The molecular formula is C15H23NO. The Morgan fingerprint density at radius 1 is 1.29 bits per heavy atom. The molecule has 2 heterocycles. The van der Waals surface area contributed by atoms with E-state index >= 15 is 0 Å². The first-order valence-electron chi connectivity index (χ1n) is 6.94. The van der Waals surface area contributed by atoms with E-state index in [0.29, 0.717) is 18.2 Å². The van der Waals surface area contributed by atoms with Crippen LogP contribution >= 0.6 is 0 Å². The predicted molar refractivity (Wildman–Crippen MR) is 70.2 cm³/mol.